The molecule has 13 nitrogen and oxygen atoms in total. The highest BCUT2D eigenvalue weighted by atomic mass is 16.4. The molecule has 0 aliphatic carbocycles. The van der Waals surface area contributed by atoms with Crippen molar-refractivity contribution in [2.24, 2.45) is 11.7 Å². The number of hydrogen-bond acceptors (Lipinski definition) is 8. The monoisotopic (exact) mass is 572 g/mol. The molecule has 0 radical (unpaired) electrons. The fourth-order valence-corrected chi connectivity index (χ4v) is 3.92. The third-order valence-electron chi connectivity index (χ3n) is 6.52. The van der Waals surface area contributed by atoms with Crippen LogP contribution in [0.3, 0.4) is 0 Å². The van der Waals surface area contributed by atoms with Crippen LogP contribution in [0.5, 0.6) is 11.5 Å². The van der Waals surface area contributed by atoms with Crippen molar-refractivity contribution in [2.45, 2.75) is 63.7 Å². The number of hydrogen-bond donors (Lipinski definition) is 8. The van der Waals surface area contributed by atoms with Crippen LogP contribution in [-0.2, 0) is 36.8 Å². The summed E-state index contributed by atoms with van der Waals surface area (Å²) >= 11 is 0. The summed E-state index contributed by atoms with van der Waals surface area (Å²) in [6.45, 7) is 3.45. The Hall–Kier alpha value is -4.65. The summed E-state index contributed by atoms with van der Waals surface area (Å²) in [5.74, 6) is -5.48. The predicted molar refractivity (Wildman–Crippen MR) is 147 cm³/mol. The molecule has 0 saturated heterocycles. The molecule has 41 heavy (non-hydrogen) atoms. The Morgan fingerprint density at radius 1 is 0.732 bits per heavy atom. The summed E-state index contributed by atoms with van der Waals surface area (Å²) in [4.78, 5) is 62.2. The van der Waals surface area contributed by atoms with E-state index in [0.29, 0.717) is 17.5 Å². The van der Waals surface area contributed by atoms with Gasteiger partial charge in [0.1, 0.15) is 29.6 Å². The molecule has 2 rings (SSSR count). The summed E-state index contributed by atoms with van der Waals surface area (Å²) in [6.07, 6.45) is -0.392. The van der Waals surface area contributed by atoms with Crippen LogP contribution >= 0.6 is 0 Å². The first kappa shape index (κ1) is 32.6. The third kappa shape index (κ3) is 10.4. The third-order valence-corrected chi connectivity index (χ3v) is 6.52. The molecule has 3 amide bonds. The van der Waals surface area contributed by atoms with Crippen LogP contribution in [0.1, 0.15) is 37.8 Å². The number of aliphatic carboxylic acids is 2. The summed E-state index contributed by atoms with van der Waals surface area (Å²) in [5, 5.41) is 45.3. The molecule has 13 heteroatoms. The lowest BCUT2D eigenvalue weighted by atomic mass is 9.96. The Bertz CT molecular complexity index is 1220. The summed E-state index contributed by atoms with van der Waals surface area (Å²) in [5.41, 5.74) is 6.73. The van der Waals surface area contributed by atoms with E-state index in [1.807, 2.05) is 0 Å². The Morgan fingerprint density at radius 2 is 1.20 bits per heavy atom. The Morgan fingerprint density at radius 3 is 1.63 bits per heavy atom. The highest BCUT2D eigenvalue weighted by Gasteiger charge is 2.33. The van der Waals surface area contributed by atoms with E-state index in [4.69, 9.17) is 10.8 Å². The molecule has 0 fully saturated rings. The highest BCUT2D eigenvalue weighted by Crippen LogP contribution is 2.15. The standard InChI is InChI=1S/C28H36N4O9/c1-3-15(2)24(32-25(37)20(29)14-23(35)36)27(39)30-21(12-16-4-8-18(33)9-5-16)26(38)31-22(28(40)41)13-17-6-10-19(34)11-7-17/h4-11,15,20-22,24,33-34H,3,12-14,29H2,1-2H3,(H,30,39)(H,31,38)(H,32,37)(H,35,36)(H,40,41). The Balaban J connectivity index is 2.29. The maximum Gasteiger partial charge on any atom is 0.326 e. The molecule has 0 bridgehead atoms. The van der Waals surface area contributed by atoms with E-state index in [1.54, 1.807) is 13.8 Å². The molecule has 2 aromatic rings. The van der Waals surface area contributed by atoms with Gasteiger partial charge in [0, 0.05) is 12.8 Å². The van der Waals surface area contributed by atoms with Crippen LogP contribution < -0.4 is 21.7 Å². The molecule has 0 aromatic heterocycles. The first-order valence-electron chi connectivity index (χ1n) is 13.0. The van der Waals surface area contributed by atoms with Crippen LogP contribution in [0.2, 0.25) is 0 Å². The molecule has 5 unspecified atom stereocenters. The fourth-order valence-electron chi connectivity index (χ4n) is 3.92. The van der Waals surface area contributed by atoms with Gasteiger partial charge in [0.15, 0.2) is 0 Å². The van der Waals surface area contributed by atoms with Gasteiger partial charge in [-0.05, 0) is 41.3 Å². The molecule has 0 heterocycles. The molecular formula is C28H36N4O9. The summed E-state index contributed by atoms with van der Waals surface area (Å²) in [7, 11) is 0. The zero-order valence-corrected chi connectivity index (χ0v) is 22.7. The molecule has 5 atom stereocenters. The van der Waals surface area contributed by atoms with Crippen molar-refractivity contribution in [1.82, 2.24) is 16.0 Å². The van der Waals surface area contributed by atoms with Crippen LogP contribution in [0.4, 0.5) is 0 Å². The quantitative estimate of drug-likeness (QED) is 0.145. The minimum Gasteiger partial charge on any atom is -0.508 e. The summed E-state index contributed by atoms with van der Waals surface area (Å²) < 4.78 is 0. The van der Waals surface area contributed by atoms with E-state index >= 15 is 0 Å². The zero-order chi connectivity index (χ0) is 30.7. The SMILES string of the molecule is CCC(C)C(NC(=O)C(N)CC(=O)O)C(=O)NC(Cc1ccc(O)cc1)C(=O)NC(Cc1ccc(O)cc1)C(=O)O. The average Bonchev–Trinajstić information content (AvgIpc) is 2.92. The molecule has 2 aromatic carbocycles. The van der Waals surface area contributed by atoms with Crippen molar-refractivity contribution in [1.29, 1.82) is 0 Å². The highest BCUT2D eigenvalue weighted by molar-refractivity contribution is 5.95. The van der Waals surface area contributed by atoms with Crippen molar-refractivity contribution < 1.29 is 44.4 Å². The number of amides is 3. The minimum atomic E-state index is -1.40. The minimum absolute atomic E-state index is 0.00629. The number of nitrogens with two attached hydrogens (primary N) is 1. The molecule has 0 aliphatic heterocycles. The lowest BCUT2D eigenvalue weighted by Gasteiger charge is -2.28. The molecule has 222 valence electrons. The number of rotatable bonds is 15. The summed E-state index contributed by atoms with van der Waals surface area (Å²) in [6, 6.07) is 6.42. The molecule has 0 saturated carbocycles. The van der Waals surface area contributed by atoms with E-state index < -0.39 is 66.2 Å². The van der Waals surface area contributed by atoms with Gasteiger partial charge in [-0.2, -0.15) is 0 Å². The lowest BCUT2D eigenvalue weighted by Crippen LogP contribution is -2.59. The van der Waals surface area contributed by atoms with Crippen LogP contribution in [0.25, 0.3) is 0 Å². The number of nitrogens with one attached hydrogen (secondary N) is 3. The van der Waals surface area contributed by atoms with E-state index in [2.05, 4.69) is 16.0 Å². The number of carbonyl (C=O) groups is 5. The second-order valence-electron chi connectivity index (χ2n) is 9.78. The van der Waals surface area contributed by atoms with Gasteiger partial charge in [-0.1, -0.05) is 44.5 Å². The first-order chi connectivity index (χ1) is 19.3. The van der Waals surface area contributed by atoms with Gasteiger partial charge >= 0.3 is 11.9 Å². The van der Waals surface area contributed by atoms with E-state index in [1.165, 1.54) is 48.5 Å². The van der Waals surface area contributed by atoms with Crippen molar-refractivity contribution in [3.8, 4) is 11.5 Å². The number of carboxylic acids is 2. The van der Waals surface area contributed by atoms with Gasteiger partial charge in [-0.25, -0.2) is 4.79 Å². The molecule has 9 N–H and O–H groups in total. The number of phenolic OH excluding ortho intramolecular Hbond substituents is 2. The number of carbonyl (C=O) groups excluding carboxylic acids is 3. The van der Waals surface area contributed by atoms with Crippen molar-refractivity contribution in [3.05, 3.63) is 59.7 Å². The first-order valence-corrected chi connectivity index (χ1v) is 13.0. The van der Waals surface area contributed by atoms with Gasteiger partial charge < -0.3 is 42.1 Å². The maximum atomic E-state index is 13.4. The van der Waals surface area contributed by atoms with E-state index in [0.717, 1.165) is 0 Å². The second-order valence-corrected chi connectivity index (χ2v) is 9.78. The molecule has 0 aliphatic rings. The number of phenols is 2. The van der Waals surface area contributed by atoms with Crippen LogP contribution in [0, 0.1) is 5.92 Å². The second kappa shape index (κ2) is 15.2. The van der Waals surface area contributed by atoms with Crippen LogP contribution in [0.15, 0.2) is 48.5 Å². The topological polar surface area (TPSA) is 228 Å². The number of carboxylic acid groups (broad SMARTS) is 2. The van der Waals surface area contributed by atoms with Gasteiger partial charge in [0.25, 0.3) is 0 Å². The largest absolute Gasteiger partial charge is 0.508 e. The molecule has 0 spiro atoms. The predicted octanol–water partition coefficient (Wildman–Crippen LogP) is 0.270. The zero-order valence-electron chi connectivity index (χ0n) is 22.7. The van der Waals surface area contributed by atoms with E-state index in [-0.39, 0.29) is 24.3 Å². The number of aromatic hydroxyl groups is 2. The smallest absolute Gasteiger partial charge is 0.326 e. The Kier molecular flexibility index (Phi) is 12.1. The normalized spacial score (nSPS) is 14.5. The van der Waals surface area contributed by atoms with Crippen molar-refractivity contribution in [3.63, 3.8) is 0 Å². The van der Waals surface area contributed by atoms with Gasteiger partial charge in [-0.3, -0.25) is 19.2 Å². The van der Waals surface area contributed by atoms with Crippen molar-refractivity contribution >= 4 is 29.7 Å². The maximum absolute atomic E-state index is 13.4. The van der Waals surface area contributed by atoms with Crippen molar-refractivity contribution in [2.75, 3.05) is 0 Å². The van der Waals surface area contributed by atoms with Gasteiger partial charge in [0.2, 0.25) is 17.7 Å². The number of benzene rings is 2. The van der Waals surface area contributed by atoms with Gasteiger partial charge in [0.05, 0.1) is 12.5 Å². The Labute approximate surface area is 236 Å². The van der Waals surface area contributed by atoms with E-state index in [9.17, 15) is 39.3 Å². The fraction of sp³-hybridized carbons (Fsp3) is 0.393. The molecular weight excluding hydrogens is 536 g/mol. The van der Waals surface area contributed by atoms with Crippen LogP contribution in [-0.4, -0.2) is 74.3 Å². The van der Waals surface area contributed by atoms with Gasteiger partial charge in [-0.15, -0.1) is 0 Å². The average molecular weight is 573 g/mol. The lowest BCUT2D eigenvalue weighted by molar-refractivity contribution is -0.142.